The van der Waals surface area contributed by atoms with E-state index < -0.39 is 5.76 Å². The molecular formula is C14H21N3O2. The van der Waals surface area contributed by atoms with E-state index in [0.29, 0.717) is 24.1 Å². The van der Waals surface area contributed by atoms with Gasteiger partial charge in [-0.25, -0.2) is 4.79 Å². The lowest BCUT2D eigenvalue weighted by molar-refractivity contribution is 0.409. The van der Waals surface area contributed by atoms with Crippen LogP contribution in [0.5, 0.6) is 0 Å². The Morgan fingerprint density at radius 3 is 2.89 bits per heavy atom. The van der Waals surface area contributed by atoms with Crippen LogP contribution in [0, 0.1) is 5.92 Å². The Morgan fingerprint density at radius 1 is 1.42 bits per heavy atom. The van der Waals surface area contributed by atoms with Gasteiger partial charge >= 0.3 is 5.76 Å². The minimum atomic E-state index is -0.409. The van der Waals surface area contributed by atoms with E-state index in [0.717, 1.165) is 24.0 Å². The maximum absolute atomic E-state index is 11.1. The average Bonchev–Trinajstić information content (AvgIpc) is 2.73. The van der Waals surface area contributed by atoms with Crippen LogP contribution in [0.2, 0.25) is 0 Å². The number of aromatic nitrogens is 1. The predicted molar refractivity (Wildman–Crippen MR) is 76.2 cm³/mol. The molecule has 0 saturated carbocycles. The summed E-state index contributed by atoms with van der Waals surface area (Å²) in [5, 5.41) is 3.45. The number of rotatable bonds is 6. The minimum absolute atomic E-state index is 0.345. The van der Waals surface area contributed by atoms with Crippen LogP contribution in [0.15, 0.2) is 27.4 Å². The number of nitrogens with one attached hydrogen (secondary N) is 2. The Hall–Kier alpha value is -1.59. The Bertz CT molecular complexity index is 586. The molecule has 2 rings (SSSR count). The van der Waals surface area contributed by atoms with E-state index in [4.69, 9.17) is 10.2 Å². The summed E-state index contributed by atoms with van der Waals surface area (Å²) in [6.07, 6.45) is 0.895. The number of hydrogen-bond donors (Lipinski definition) is 3. The lowest BCUT2D eigenvalue weighted by Gasteiger charge is -2.20. The predicted octanol–water partition coefficient (Wildman–Crippen LogP) is 1.24. The van der Waals surface area contributed by atoms with Gasteiger partial charge in [-0.1, -0.05) is 19.9 Å². The number of nitrogens with two attached hydrogens (primary N) is 1. The Balaban J connectivity index is 1.96. The largest absolute Gasteiger partial charge is 0.417 e. The van der Waals surface area contributed by atoms with E-state index in [2.05, 4.69) is 24.1 Å². The second kappa shape index (κ2) is 6.04. The zero-order valence-corrected chi connectivity index (χ0v) is 11.4. The summed E-state index contributed by atoms with van der Waals surface area (Å²) in [6, 6.07) is 6.10. The van der Waals surface area contributed by atoms with Gasteiger partial charge in [0.25, 0.3) is 0 Å². The molecule has 19 heavy (non-hydrogen) atoms. The molecule has 0 bridgehead atoms. The zero-order valence-electron chi connectivity index (χ0n) is 11.4. The van der Waals surface area contributed by atoms with Gasteiger partial charge in [-0.3, -0.25) is 4.98 Å². The number of fused-ring (bicyclic) bond motifs is 1. The van der Waals surface area contributed by atoms with Gasteiger partial charge in [-0.2, -0.15) is 0 Å². The summed E-state index contributed by atoms with van der Waals surface area (Å²) >= 11 is 0. The first kappa shape index (κ1) is 13.8. The summed E-state index contributed by atoms with van der Waals surface area (Å²) in [5.74, 6) is 0.117. The maximum Gasteiger partial charge on any atom is 0.417 e. The van der Waals surface area contributed by atoms with Gasteiger partial charge in [0, 0.05) is 12.6 Å². The average molecular weight is 263 g/mol. The van der Waals surface area contributed by atoms with Crippen LogP contribution in [0.1, 0.15) is 19.4 Å². The summed E-state index contributed by atoms with van der Waals surface area (Å²) < 4.78 is 4.97. The normalized spacial score (nSPS) is 13.3. The van der Waals surface area contributed by atoms with Crippen LogP contribution in [-0.4, -0.2) is 24.1 Å². The van der Waals surface area contributed by atoms with Crippen molar-refractivity contribution >= 4 is 11.1 Å². The van der Waals surface area contributed by atoms with Crippen molar-refractivity contribution in [2.45, 2.75) is 26.3 Å². The Morgan fingerprint density at radius 2 is 2.21 bits per heavy atom. The van der Waals surface area contributed by atoms with Gasteiger partial charge < -0.3 is 15.5 Å². The minimum Gasteiger partial charge on any atom is -0.408 e. The number of aromatic amines is 1. The van der Waals surface area contributed by atoms with Crippen LogP contribution in [0.3, 0.4) is 0 Å². The van der Waals surface area contributed by atoms with E-state index in [-0.39, 0.29) is 0 Å². The van der Waals surface area contributed by atoms with Gasteiger partial charge in [0.15, 0.2) is 5.58 Å². The van der Waals surface area contributed by atoms with Crippen molar-refractivity contribution in [3.05, 3.63) is 34.3 Å². The van der Waals surface area contributed by atoms with Crippen molar-refractivity contribution in [3.63, 3.8) is 0 Å². The molecule has 0 aliphatic heterocycles. The highest BCUT2D eigenvalue weighted by Gasteiger charge is 2.10. The van der Waals surface area contributed by atoms with Crippen LogP contribution in [0.4, 0.5) is 0 Å². The molecule has 1 atom stereocenters. The number of oxazole rings is 1. The second-order valence-corrected chi connectivity index (χ2v) is 5.14. The Labute approximate surface area is 112 Å². The lowest BCUT2D eigenvalue weighted by atomic mass is 10.0. The van der Waals surface area contributed by atoms with Crippen LogP contribution < -0.4 is 16.8 Å². The molecular weight excluding hydrogens is 242 g/mol. The molecule has 0 radical (unpaired) electrons. The molecule has 1 aromatic carbocycles. The third kappa shape index (κ3) is 3.45. The van der Waals surface area contributed by atoms with Crippen LogP contribution >= 0.6 is 0 Å². The summed E-state index contributed by atoms with van der Waals surface area (Å²) in [5.41, 5.74) is 8.23. The van der Waals surface area contributed by atoms with E-state index in [9.17, 15) is 4.79 Å². The quantitative estimate of drug-likeness (QED) is 0.732. The molecule has 1 aromatic heterocycles. The number of H-pyrrole nitrogens is 1. The fraction of sp³-hybridized carbons (Fsp3) is 0.500. The Kier molecular flexibility index (Phi) is 4.39. The van der Waals surface area contributed by atoms with Crippen molar-refractivity contribution < 1.29 is 4.42 Å². The SMILES string of the molecule is CC(C)C(CN)NCCc1ccc2oc(=O)[nH]c2c1. The van der Waals surface area contributed by atoms with Crippen molar-refractivity contribution in [1.82, 2.24) is 10.3 Å². The summed E-state index contributed by atoms with van der Waals surface area (Å²) in [4.78, 5) is 13.7. The van der Waals surface area contributed by atoms with E-state index in [1.54, 1.807) is 0 Å². The third-order valence-electron chi connectivity index (χ3n) is 3.36. The first-order valence-corrected chi connectivity index (χ1v) is 6.65. The molecule has 0 amide bonds. The lowest BCUT2D eigenvalue weighted by Crippen LogP contribution is -2.41. The van der Waals surface area contributed by atoms with E-state index in [1.165, 1.54) is 0 Å². The highest BCUT2D eigenvalue weighted by Crippen LogP contribution is 2.12. The molecule has 0 aliphatic rings. The monoisotopic (exact) mass is 263 g/mol. The first-order chi connectivity index (χ1) is 9.10. The maximum atomic E-state index is 11.1. The first-order valence-electron chi connectivity index (χ1n) is 6.65. The molecule has 0 fully saturated rings. The van der Waals surface area contributed by atoms with Gasteiger partial charge in [0.1, 0.15) is 0 Å². The van der Waals surface area contributed by atoms with Crippen molar-refractivity contribution in [3.8, 4) is 0 Å². The molecule has 4 N–H and O–H groups in total. The second-order valence-electron chi connectivity index (χ2n) is 5.14. The topological polar surface area (TPSA) is 84.0 Å². The van der Waals surface area contributed by atoms with Gasteiger partial charge in [0.2, 0.25) is 0 Å². The van der Waals surface area contributed by atoms with Gasteiger partial charge in [-0.15, -0.1) is 0 Å². The fourth-order valence-electron chi connectivity index (χ4n) is 2.15. The zero-order chi connectivity index (χ0) is 13.8. The molecule has 1 heterocycles. The summed E-state index contributed by atoms with van der Waals surface area (Å²) in [7, 11) is 0. The van der Waals surface area contributed by atoms with Crippen molar-refractivity contribution in [1.29, 1.82) is 0 Å². The number of hydrogen-bond acceptors (Lipinski definition) is 4. The number of benzene rings is 1. The fourth-order valence-corrected chi connectivity index (χ4v) is 2.15. The van der Waals surface area contributed by atoms with Crippen molar-refractivity contribution in [2.75, 3.05) is 13.1 Å². The van der Waals surface area contributed by atoms with Gasteiger partial charge in [0.05, 0.1) is 5.52 Å². The highest BCUT2D eigenvalue weighted by atomic mass is 16.4. The molecule has 5 heteroatoms. The van der Waals surface area contributed by atoms with Crippen molar-refractivity contribution in [2.24, 2.45) is 11.7 Å². The third-order valence-corrected chi connectivity index (χ3v) is 3.36. The molecule has 0 saturated heterocycles. The van der Waals surface area contributed by atoms with Crippen LogP contribution in [0.25, 0.3) is 11.1 Å². The highest BCUT2D eigenvalue weighted by molar-refractivity contribution is 5.72. The molecule has 0 spiro atoms. The molecule has 0 aliphatic carbocycles. The molecule has 104 valence electrons. The van der Waals surface area contributed by atoms with Crippen LogP contribution in [-0.2, 0) is 6.42 Å². The van der Waals surface area contributed by atoms with E-state index in [1.807, 2.05) is 18.2 Å². The molecule has 1 unspecified atom stereocenters. The standard InChI is InChI=1S/C14H21N3O2/c1-9(2)12(8-15)16-6-5-10-3-4-13-11(7-10)17-14(18)19-13/h3-4,7,9,12,16H,5-6,8,15H2,1-2H3,(H,17,18). The van der Waals surface area contributed by atoms with Gasteiger partial charge in [-0.05, 0) is 36.6 Å². The molecule has 2 aromatic rings. The van der Waals surface area contributed by atoms with E-state index >= 15 is 0 Å². The smallest absolute Gasteiger partial charge is 0.408 e. The summed E-state index contributed by atoms with van der Waals surface area (Å²) in [6.45, 7) is 5.83. The molecule has 5 nitrogen and oxygen atoms in total.